The van der Waals surface area contributed by atoms with Gasteiger partial charge in [-0.3, -0.25) is 14.5 Å². The molecule has 1 heterocycles. The highest BCUT2D eigenvalue weighted by Crippen LogP contribution is 2.28. The van der Waals surface area contributed by atoms with Crippen LogP contribution in [0.1, 0.15) is 6.42 Å². The van der Waals surface area contributed by atoms with E-state index in [4.69, 9.17) is 16.7 Å². The van der Waals surface area contributed by atoms with Gasteiger partial charge in [0, 0.05) is 12.1 Å². The highest BCUT2D eigenvalue weighted by atomic mass is 35.5. The predicted octanol–water partition coefficient (Wildman–Crippen LogP) is 2.38. The third kappa shape index (κ3) is 3.27. The number of thioether (sulfide) groups is 1. The van der Waals surface area contributed by atoms with Crippen LogP contribution in [-0.2, 0) is 9.59 Å². The Labute approximate surface area is 119 Å². The van der Waals surface area contributed by atoms with Crippen molar-refractivity contribution in [2.24, 2.45) is 4.99 Å². The molecule has 2 rings (SSSR count). The summed E-state index contributed by atoms with van der Waals surface area (Å²) in [6, 6.07) is 6.78. The van der Waals surface area contributed by atoms with Crippen molar-refractivity contribution in [1.29, 1.82) is 0 Å². The van der Waals surface area contributed by atoms with Crippen LogP contribution in [0.2, 0.25) is 5.02 Å². The van der Waals surface area contributed by atoms with Gasteiger partial charge in [0.15, 0.2) is 5.17 Å². The van der Waals surface area contributed by atoms with Crippen molar-refractivity contribution >= 4 is 46.1 Å². The first kappa shape index (κ1) is 13.9. The number of benzene rings is 1. The Morgan fingerprint density at radius 3 is 2.68 bits per heavy atom. The topological polar surface area (TPSA) is 70.0 Å². The number of hydrogen-bond acceptors (Lipinski definition) is 4. The zero-order chi connectivity index (χ0) is 14.0. The number of halogens is 1. The van der Waals surface area contributed by atoms with Crippen LogP contribution < -0.4 is 0 Å². The van der Waals surface area contributed by atoms with Gasteiger partial charge in [0.2, 0.25) is 5.91 Å². The number of amidine groups is 1. The van der Waals surface area contributed by atoms with Crippen molar-refractivity contribution in [1.82, 2.24) is 4.90 Å². The Bertz CT molecular complexity index is 544. The summed E-state index contributed by atoms with van der Waals surface area (Å²) in [6.07, 6.45) is -0.0177. The molecule has 1 N–H and O–H groups in total. The van der Waals surface area contributed by atoms with Gasteiger partial charge >= 0.3 is 5.97 Å². The number of amides is 1. The van der Waals surface area contributed by atoms with Crippen molar-refractivity contribution < 1.29 is 14.7 Å². The molecule has 1 saturated heterocycles. The lowest BCUT2D eigenvalue weighted by Crippen LogP contribution is -2.41. The summed E-state index contributed by atoms with van der Waals surface area (Å²) in [6.45, 7) is 0. The highest BCUT2D eigenvalue weighted by molar-refractivity contribution is 8.15. The number of aliphatic carboxylic acids is 1. The number of aliphatic imine (C=N–C) groups is 1. The van der Waals surface area contributed by atoms with Crippen molar-refractivity contribution in [3.05, 3.63) is 29.3 Å². The van der Waals surface area contributed by atoms with Gasteiger partial charge in [-0.25, -0.2) is 4.99 Å². The number of hydrogen-bond donors (Lipinski definition) is 1. The van der Waals surface area contributed by atoms with Crippen molar-refractivity contribution in [2.75, 3.05) is 7.05 Å². The molecule has 0 saturated carbocycles. The molecular weight excluding hydrogens is 288 g/mol. The molecular formula is C12H11ClN2O3S. The zero-order valence-electron chi connectivity index (χ0n) is 10.0. The van der Waals surface area contributed by atoms with E-state index < -0.39 is 11.2 Å². The predicted molar refractivity (Wildman–Crippen MR) is 74.9 cm³/mol. The second kappa shape index (κ2) is 5.63. The van der Waals surface area contributed by atoms with Gasteiger partial charge in [-0.05, 0) is 24.3 Å². The SMILES string of the molecule is CN1C(=O)C[C@@H](C(=O)O)SC1=Nc1ccc(Cl)cc1. The molecule has 7 heteroatoms. The van der Waals surface area contributed by atoms with Gasteiger partial charge < -0.3 is 5.11 Å². The lowest BCUT2D eigenvalue weighted by Gasteiger charge is -2.27. The van der Waals surface area contributed by atoms with Gasteiger partial charge in [-0.1, -0.05) is 23.4 Å². The maximum Gasteiger partial charge on any atom is 0.317 e. The summed E-state index contributed by atoms with van der Waals surface area (Å²) in [5, 5.41) is 9.19. The quantitative estimate of drug-likeness (QED) is 0.910. The van der Waals surface area contributed by atoms with Crippen LogP contribution in [0.15, 0.2) is 29.3 Å². The summed E-state index contributed by atoms with van der Waals surface area (Å²) in [4.78, 5) is 28.4. The molecule has 100 valence electrons. The standard InChI is InChI=1S/C12H11ClN2O3S/c1-15-10(16)6-9(11(17)18)19-12(15)14-8-4-2-7(13)3-5-8/h2-5,9H,6H2,1H3,(H,17,18)/t9-/m0/s1. The van der Waals surface area contributed by atoms with Crippen LogP contribution in [0.5, 0.6) is 0 Å². The fraction of sp³-hybridized carbons (Fsp3) is 0.250. The lowest BCUT2D eigenvalue weighted by atomic mass is 10.3. The van der Waals surface area contributed by atoms with Crippen LogP contribution in [0.4, 0.5) is 5.69 Å². The molecule has 1 amide bonds. The molecule has 5 nitrogen and oxygen atoms in total. The average Bonchev–Trinajstić information content (AvgIpc) is 2.37. The Morgan fingerprint density at radius 2 is 2.11 bits per heavy atom. The Kier molecular flexibility index (Phi) is 4.11. The summed E-state index contributed by atoms with van der Waals surface area (Å²) in [5.74, 6) is -1.26. The van der Waals surface area contributed by atoms with Crippen LogP contribution in [0.25, 0.3) is 0 Å². The molecule has 0 unspecified atom stereocenters. The minimum atomic E-state index is -1.00. The van der Waals surface area contributed by atoms with Gasteiger partial charge in [-0.2, -0.15) is 0 Å². The largest absolute Gasteiger partial charge is 0.480 e. The minimum Gasteiger partial charge on any atom is -0.480 e. The molecule has 1 aliphatic rings. The number of carboxylic acid groups (broad SMARTS) is 1. The third-order valence-electron chi connectivity index (χ3n) is 2.60. The van der Waals surface area contributed by atoms with Crippen LogP contribution in [0.3, 0.4) is 0 Å². The van der Waals surface area contributed by atoms with E-state index in [1.807, 2.05) is 0 Å². The maximum absolute atomic E-state index is 11.7. The Balaban J connectivity index is 2.27. The molecule has 0 aliphatic carbocycles. The van der Waals surface area contributed by atoms with E-state index in [0.29, 0.717) is 15.9 Å². The van der Waals surface area contributed by atoms with E-state index in [0.717, 1.165) is 11.8 Å². The Hall–Kier alpha value is -1.53. The molecule has 0 spiro atoms. The highest BCUT2D eigenvalue weighted by Gasteiger charge is 2.33. The van der Waals surface area contributed by atoms with Gasteiger partial charge in [0.25, 0.3) is 0 Å². The normalized spacial score (nSPS) is 21.8. The van der Waals surface area contributed by atoms with Crippen molar-refractivity contribution in [3.8, 4) is 0 Å². The molecule has 1 aromatic carbocycles. The van der Waals surface area contributed by atoms with E-state index >= 15 is 0 Å². The lowest BCUT2D eigenvalue weighted by molar-refractivity contribution is -0.139. The average molecular weight is 299 g/mol. The number of nitrogens with zero attached hydrogens (tertiary/aromatic N) is 2. The molecule has 0 bridgehead atoms. The molecule has 0 radical (unpaired) electrons. The van der Waals surface area contributed by atoms with Crippen LogP contribution in [-0.4, -0.2) is 39.3 Å². The second-order valence-electron chi connectivity index (χ2n) is 3.97. The summed E-state index contributed by atoms with van der Waals surface area (Å²) in [7, 11) is 1.59. The number of carbonyl (C=O) groups is 2. The number of carbonyl (C=O) groups excluding carboxylic acids is 1. The molecule has 0 aromatic heterocycles. The van der Waals surface area contributed by atoms with E-state index in [-0.39, 0.29) is 12.3 Å². The maximum atomic E-state index is 11.7. The molecule has 1 aliphatic heterocycles. The molecule has 1 atom stereocenters. The fourth-order valence-corrected chi connectivity index (χ4v) is 2.64. The van der Waals surface area contributed by atoms with Gasteiger partial charge in [0.05, 0.1) is 12.1 Å². The Morgan fingerprint density at radius 1 is 1.47 bits per heavy atom. The van der Waals surface area contributed by atoms with Crippen molar-refractivity contribution in [3.63, 3.8) is 0 Å². The first-order chi connectivity index (χ1) is 8.97. The molecule has 19 heavy (non-hydrogen) atoms. The zero-order valence-corrected chi connectivity index (χ0v) is 11.6. The minimum absolute atomic E-state index is 0.0177. The van der Waals surface area contributed by atoms with E-state index in [1.54, 1.807) is 31.3 Å². The van der Waals surface area contributed by atoms with Crippen molar-refractivity contribution in [2.45, 2.75) is 11.7 Å². The summed E-state index contributed by atoms with van der Waals surface area (Å²) >= 11 is 6.85. The van der Waals surface area contributed by atoms with Gasteiger partial charge in [-0.15, -0.1) is 0 Å². The monoisotopic (exact) mass is 298 g/mol. The smallest absolute Gasteiger partial charge is 0.317 e. The molecule has 1 fully saturated rings. The second-order valence-corrected chi connectivity index (χ2v) is 5.58. The fourth-order valence-electron chi connectivity index (χ4n) is 1.52. The first-order valence-corrected chi connectivity index (χ1v) is 6.73. The van der Waals surface area contributed by atoms with E-state index in [9.17, 15) is 9.59 Å². The summed E-state index contributed by atoms with van der Waals surface area (Å²) < 4.78 is 0. The van der Waals surface area contributed by atoms with Crippen LogP contribution >= 0.6 is 23.4 Å². The van der Waals surface area contributed by atoms with Crippen LogP contribution in [0, 0.1) is 0 Å². The molecule has 1 aromatic rings. The van der Waals surface area contributed by atoms with E-state index in [1.165, 1.54) is 4.90 Å². The van der Waals surface area contributed by atoms with E-state index in [2.05, 4.69) is 4.99 Å². The first-order valence-electron chi connectivity index (χ1n) is 5.47. The summed E-state index contributed by atoms with van der Waals surface area (Å²) in [5.41, 5.74) is 0.623. The third-order valence-corrected chi connectivity index (χ3v) is 4.08. The number of carboxylic acids is 1. The van der Waals surface area contributed by atoms with Gasteiger partial charge in [0.1, 0.15) is 5.25 Å². The number of rotatable bonds is 2.